The fraction of sp³-hybridized carbons (Fsp3) is 0.324. The van der Waals surface area contributed by atoms with E-state index >= 15 is 0 Å². The maximum Gasteiger partial charge on any atom is 0.414 e. The molecule has 4 heteroatoms. The highest BCUT2D eigenvalue weighted by Crippen LogP contribution is 2.44. The van der Waals surface area contributed by atoms with Crippen LogP contribution in [0.3, 0.4) is 0 Å². The van der Waals surface area contributed by atoms with Crippen molar-refractivity contribution in [3.05, 3.63) is 120 Å². The first-order chi connectivity index (χ1) is 18.4. The van der Waals surface area contributed by atoms with Crippen LogP contribution in [0.15, 0.2) is 109 Å². The molecule has 4 atom stereocenters. The van der Waals surface area contributed by atoms with Gasteiger partial charge >= 0.3 is 6.09 Å². The molecule has 0 aromatic heterocycles. The Hall–Kier alpha value is -3.79. The van der Waals surface area contributed by atoms with Crippen molar-refractivity contribution in [2.45, 2.75) is 57.6 Å². The minimum absolute atomic E-state index is 0.155. The Bertz CT molecular complexity index is 1260. The van der Waals surface area contributed by atoms with Crippen LogP contribution in [-0.4, -0.2) is 17.1 Å². The van der Waals surface area contributed by atoms with Gasteiger partial charge < -0.3 is 9.47 Å². The third-order valence-electron chi connectivity index (χ3n) is 8.11. The molecule has 196 valence electrons. The summed E-state index contributed by atoms with van der Waals surface area (Å²) in [5.74, 6) is 2.36. The SMILES string of the molecule is CC1CCC(C(C)(C)c2ccc(Oc3ccccc3)cc2)C(OC(=O)N2C=CC=C[C@H]2c2ccccc2)C1. The first-order valence-electron chi connectivity index (χ1n) is 13.6. The van der Waals surface area contributed by atoms with Gasteiger partial charge in [0.25, 0.3) is 0 Å². The van der Waals surface area contributed by atoms with E-state index in [2.05, 4.69) is 32.9 Å². The van der Waals surface area contributed by atoms with Gasteiger partial charge in [-0.3, -0.25) is 4.90 Å². The van der Waals surface area contributed by atoms with Crippen molar-refractivity contribution in [3.63, 3.8) is 0 Å². The number of allylic oxidation sites excluding steroid dienone is 2. The van der Waals surface area contributed by atoms with Gasteiger partial charge in [0.1, 0.15) is 17.6 Å². The van der Waals surface area contributed by atoms with E-state index in [-0.39, 0.29) is 29.6 Å². The van der Waals surface area contributed by atoms with E-state index < -0.39 is 0 Å². The average Bonchev–Trinajstić information content (AvgIpc) is 2.94. The maximum absolute atomic E-state index is 13.6. The lowest BCUT2D eigenvalue weighted by Gasteiger charge is -2.44. The zero-order valence-electron chi connectivity index (χ0n) is 22.5. The van der Waals surface area contributed by atoms with Crippen molar-refractivity contribution in [1.82, 2.24) is 4.90 Å². The monoisotopic (exact) mass is 507 g/mol. The second-order valence-corrected chi connectivity index (χ2v) is 11.1. The molecule has 0 spiro atoms. The molecule has 2 aliphatic rings. The van der Waals surface area contributed by atoms with E-state index in [0.717, 1.165) is 36.3 Å². The van der Waals surface area contributed by atoms with Crippen LogP contribution >= 0.6 is 0 Å². The number of rotatable bonds is 6. The Morgan fingerprint density at radius 3 is 2.21 bits per heavy atom. The highest BCUT2D eigenvalue weighted by Gasteiger charge is 2.43. The summed E-state index contributed by atoms with van der Waals surface area (Å²) in [6.45, 7) is 6.81. The van der Waals surface area contributed by atoms with Gasteiger partial charge in [-0.2, -0.15) is 0 Å². The number of hydrogen-bond donors (Lipinski definition) is 0. The standard InChI is InChI=1S/C34H37NO3/c1-25-17-22-30(34(2,3)27-18-20-29(21-19-27)37-28-14-8-5-9-15-28)32(24-25)38-33(36)35-23-11-10-16-31(35)26-12-6-4-7-13-26/h4-16,18-21,23,25,30-32H,17,22,24H2,1-3H3/t25?,30?,31-,32?/m0/s1. The fourth-order valence-electron chi connectivity index (χ4n) is 5.86. The molecule has 38 heavy (non-hydrogen) atoms. The highest BCUT2D eigenvalue weighted by molar-refractivity contribution is 5.71. The number of para-hydroxylation sites is 1. The number of ether oxygens (including phenoxy) is 2. The van der Waals surface area contributed by atoms with Crippen molar-refractivity contribution in [2.24, 2.45) is 11.8 Å². The molecule has 0 bridgehead atoms. The minimum Gasteiger partial charge on any atom is -0.457 e. The smallest absolute Gasteiger partial charge is 0.414 e. The Balaban J connectivity index is 1.33. The Morgan fingerprint density at radius 1 is 0.842 bits per heavy atom. The van der Waals surface area contributed by atoms with Crippen molar-refractivity contribution in [1.29, 1.82) is 0 Å². The molecule has 3 aromatic carbocycles. The zero-order valence-corrected chi connectivity index (χ0v) is 22.5. The van der Waals surface area contributed by atoms with Crippen LogP contribution in [0.4, 0.5) is 4.79 Å². The van der Waals surface area contributed by atoms with Gasteiger partial charge in [-0.1, -0.05) is 100 Å². The topological polar surface area (TPSA) is 38.8 Å². The van der Waals surface area contributed by atoms with E-state index in [9.17, 15) is 4.79 Å². The molecule has 0 saturated heterocycles. The molecular formula is C34H37NO3. The predicted octanol–water partition coefficient (Wildman–Crippen LogP) is 8.82. The maximum atomic E-state index is 13.6. The molecule has 3 aromatic rings. The lowest BCUT2D eigenvalue weighted by Crippen LogP contribution is -2.45. The summed E-state index contributed by atoms with van der Waals surface area (Å²) >= 11 is 0. The van der Waals surface area contributed by atoms with Gasteiger partial charge in [0, 0.05) is 12.1 Å². The molecule has 1 heterocycles. The van der Waals surface area contributed by atoms with Gasteiger partial charge in [-0.25, -0.2) is 4.79 Å². The van der Waals surface area contributed by atoms with Gasteiger partial charge in [-0.15, -0.1) is 0 Å². The van der Waals surface area contributed by atoms with E-state index in [1.807, 2.05) is 97.2 Å². The molecule has 3 unspecified atom stereocenters. The van der Waals surface area contributed by atoms with Crippen LogP contribution in [0.1, 0.15) is 57.2 Å². The normalized spacial score (nSPS) is 23.2. The third kappa shape index (κ3) is 5.70. The quantitative estimate of drug-likeness (QED) is 0.334. The van der Waals surface area contributed by atoms with Gasteiger partial charge in [-0.05, 0) is 65.6 Å². The molecule has 5 rings (SSSR count). The molecule has 1 fully saturated rings. The van der Waals surface area contributed by atoms with Gasteiger partial charge in [0.2, 0.25) is 0 Å². The second-order valence-electron chi connectivity index (χ2n) is 11.1. The molecule has 1 aliphatic heterocycles. The van der Waals surface area contributed by atoms with E-state index in [0.29, 0.717) is 5.92 Å². The number of carbonyl (C=O) groups excluding carboxylic acids is 1. The third-order valence-corrected chi connectivity index (χ3v) is 8.11. The molecule has 1 aliphatic carbocycles. The Morgan fingerprint density at radius 2 is 1.50 bits per heavy atom. The van der Waals surface area contributed by atoms with Crippen LogP contribution in [0.2, 0.25) is 0 Å². The Kier molecular flexibility index (Phi) is 7.69. The zero-order chi connectivity index (χ0) is 26.5. The number of benzene rings is 3. The van der Waals surface area contributed by atoms with Crippen LogP contribution in [-0.2, 0) is 10.2 Å². The summed E-state index contributed by atoms with van der Waals surface area (Å²) in [7, 11) is 0. The average molecular weight is 508 g/mol. The van der Waals surface area contributed by atoms with Crippen molar-refractivity contribution < 1.29 is 14.3 Å². The summed E-state index contributed by atoms with van der Waals surface area (Å²) < 4.78 is 12.4. The van der Waals surface area contributed by atoms with Crippen molar-refractivity contribution in [3.8, 4) is 11.5 Å². The number of hydrogen-bond acceptors (Lipinski definition) is 3. The second kappa shape index (κ2) is 11.3. The fourth-order valence-corrected chi connectivity index (χ4v) is 5.86. The largest absolute Gasteiger partial charge is 0.457 e. The van der Waals surface area contributed by atoms with Crippen LogP contribution < -0.4 is 4.74 Å². The number of amides is 1. The van der Waals surface area contributed by atoms with Crippen molar-refractivity contribution in [2.75, 3.05) is 0 Å². The summed E-state index contributed by atoms with van der Waals surface area (Å²) in [6.07, 6.45) is 10.3. The number of nitrogens with zero attached hydrogens (tertiary/aromatic N) is 1. The minimum atomic E-state index is -0.286. The molecule has 1 saturated carbocycles. The van der Waals surface area contributed by atoms with E-state index in [1.54, 1.807) is 4.90 Å². The van der Waals surface area contributed by atoms with E-state index in [4.69, 9.17) is 9.47 Å². The summed E-state index contributed by atoms with van der Waals surface area (Å²) in [5.41, 5.74) is 2.12. The van der Waals surface area contributed by atoms with Crippen LogP contribution in [0.25, 0.3) is 0 Å². The molecule has 1 amide bonds. The molecule has 4 nitrogen and oxygen atoms in total. The van der Waals surface area contributed by atoms with E-state index in [1.165, 1.54) is 5.56 Å². The number of carbonyl (C=O) groups is 1. The predicted molar refractivity (Wildman–Crippen MR) is 152 cm³/mol. The highest BCUT2D eigenvalue weighted by atomic mass is 16.6. The Labute approximate surface area is 226 Å². The van der Waals surface area contributed by atoms with Crippen molar-refractivity contribution >= 4 is 6.09 Å². The lowest BCUT2D eigenvalue weighted by molar-refractivity contribution is -0.0158. The lowest BCUT2D eigenvalue weighted by atomic mass is 9.64. The first-order valence-corrected chi connectivity index (χ1v) is 13.6. The van der Waals surface area contributed by atoms with Crippen LogP contribution in [0.5, 0.6) is 11.5 Å². The summed E-state index contributed by atoms with van der Waals surface area (Å²) in [5, 5.41) is 0. The summed E-state index contributed by atoms with van der Waals surface area (Å²) in [6, 6.07) is 28.1. The summed E-state index contributed by atoms with van der Waals surface area (Å²) in [4.78, 5) is 15.3. The van der Waals surface area contributed by atoms with Gasteiger partial charge in [0.15, 0.2) is 0 Å². The molecule has 0 radical (unpaired) electrons. The van der Waals surface area contributed by atoms with Crippen LogP contribution in [0, 0.1) is 11.8 Å². The van der Waals surface area contributed by atoms with Gasteiger partial charge in [0.05, 0.1) is 6.04 Å². The first kappa shape index (κ1) is 25.8. The molecular weight excluding hydrogens is 470 g/mol. The molecule has 0 N–H and O–H groups in total.